The van der Waals surface area contributed by atoms with Crippen LogP contribution in [0.3, 0.4) is 0 Å². The van der Waals surface area contributed by atoms with E-state index in [2.05, 4.69) is 9.97 Å². The zero-order valence-corrected chi connectivity index (χ0v) is 13.6. The Hall–Kier alpha value is -1.82. The molecule has 116 valence electrons. The van der Waals surface area contributed by atoms with Crippen molar-refractivity contribution in [2.24, 2.45) is 0 Å². The third-order valence-corrected chi connectivity index (χ3v) is 3.99. The number of aryl methyl sites for hydroxylation is 2. The second kappa shape index (κ2) is 5.18. The van der Waals surface area contributed by atoms with Crippen molar-refractivity contribution in [3.05, 3.63) is 11.3 Å². The first-order valence-electron chi connectivity index (χ1n) is 7.18. The van der Waals surface area contributed by atoms with Crippen LogP contribution >= 0.6 is 0 Å². The van der Waals surface area contributed by atoms with Gasteiger partial charge in [-0.15, -0.1) is 0 Å². The molecule has 2 aromatic heterocycles. The van der Waals surface area contributed by atoms with Crippen molar-refractivity contribution in [2.45, 2.75) is 53.2 Å². The summed E-state index contributed by atoms with van der Waals surface area (Å²) in [6, 6.07) is 0.244. The summed E-state index contributed by atoms with van der Waals surface area (Å²) in [5, 5.41) is 10.4. The quantitative estimate of drug-likeness (QED) is 0.903. The summed E-state index contributed by atoms with van der Waals surface area (Å²) in [5.74, 6) is 0.385. The molecule has 0 bridgehead atoms. The number of nitrogens with two attached hydrogens (primary N) is 1. The van der Waals surface area contributed by atoms with Crippen molar-refractivity contribution < 1.29 is 9.84 Å². The van der Waals surface area contributed by atoms with E-state index in [0.29, 0.717) is 24.0 Å². The van der Waals surface area contributed by atoms with Gasteiger partial charge in [-0.05, 0) is 47.1 Å². The van der Waals surface area contributed by atoms with E-state index < -0.39 is 5.60 Å². The van der Waals surface area contributed by atoms with Crippen molar-refractivity contribution in [3.63, 3.8) is 0 Å². The Kier molecular flexibility index (Phi) is 3.84. The van der Waals surface area contributed by atoms with Crippen molar-refractivity contribution in [1.82, 2.24) is 14.5 Å². The van der Waals surface area contributed by atoms with Crippen LogP contribution in [-0.4, -0.2) is 31.8 Å². The summed E-state index contributed by atoms with van der Waals surface area (Å²) in [4.78, 5) is 8.80. The van der Waals surface area contributed by atoms with Gasteiger partial charge in [0.05, 0.1) is 23.8 Å². The maximum absolute atomic E-state index is 10.4. The smallest absolute Gasteiger partial charge is 0.297 e. The van der Waals surface area contributed by atoms with Crippen LogP contribution in [0.15, 0.2) is 0 Å². The molecule has 1 atom stereocenters. The van der Waals surface area contributed by atoms with Gasteiger partial charge in [0.1, 0.15) is 5.52 Å². The van der Waals surface area contributed by atoms with Crippen LogP contribution in [-0.2, 0) is 0 Å². The molecule has 0 aliphatic carbocycles. The highest BCUT2D eigenvalue weighted by Gasteiger charge is 2.30. The number of rotatable bonds is 4. The number of aliphatic hydroxyl groups is 1. The van der Waals surface area contributed by atoms with Gasteiger partial charge in [-0.2, -0.15) is 4.98 Å². The van der Waals surface area contributed by atoms with Gasteiger partial charge in [0.15, 0.2) is 5.82 Å². The molecule has 2 aromatic rings. The fourth-order valence-electron chi connectivity index (χ4n) is 2.34. The molecule has 0 aliphatic rings. The molecule has 1 unspecified atom stereocenters. The van der Waals surface area contributed by atoms with Gasteiger partial charge in [0, 0.05) is 5.69 Å². The maximum atomic E-state index is 10.4. The first-order chi connectivity index (χ1) is 9.68. The Labute approximate surface area is 125 Å². The van der Waals surface area contributed by atoms with Gasteiger partial charge < -0.3 is 15.6 Å². The average molecular weight is 292 g/mol. The highest BCUT2D eigenvalue weighted by atomic mass is 16.5. The number of nitrogens with zero attached hydrogens (tertiary/aromatic N) is 3. The minimum absolute atomic E-state index is 0.219. The average Bonchev–Trinajstić information content (AvgIpc) is 2.74. The third-order valence-electron chi connectivity index (χ3n) is 3.99. The number of aromatic nitrogens is 3. The van der Waals surface area contributed by atoms with E-state index in [1.807, 2.05) is 32.3 Å². The molecule has 3 N–H and O–H groups in total. The Morgan fingerprint density at radius 1 is 1.33 bits per heavy atom. The normalized spacial score (nSPS) is 13.7. The molecule has 2 rings (SSSR count). The monoisotopic (exact) mass is 292 g/mol. The number of anilines is 1. The summed E-state index contributed by atoms with van der Waals surface area (Å²) in [6.07, 6.45) is 0. The molecule has 0 fully saturated rings. The second-order valence-corrected chi connectivity index (χ2v) is 5.93. The van der Waals surface area contributed by atoms with Crippen LogP contribution in [0, 0.1) is 13.8 Å². The number of imidazole rings is 1. The summed E-state index contributed by atoms with van der Waals surface area (Å²) >= 11 is 0. The molecule has 0 saturated heterocycles. The van der Waals surface area contributed by atoms with Crippen molar-refractivity contribution >= 4 is 16.9 Å². The summed E-state index contributed by atoms with van der Waals surface area (Å²) in [6.45, 7) is 11.8. The molecule has 21 heavy (non-hydrogen) atoms. The predicted molar refractivity (Wildman–Crippen MR) is 83.6 cm³/mol. The van der Waals surface area contributed by atoms with E-state index in [9.17, 15) is 5.11 Å². The Bertz CT molecular complexity index is 671. The zero-order chi connectivity index (χ0) is 15.9. The van der Waals surface area contributed by atoms with Crippen molar-refractivity contribution in [2.75, 3.05) is 12.3 Å². The molecule has 0 aliphatic heterocycles. The van der Waals surface area contributed by atoms with E-state index in [0.717, 1.165) is 16.8 Å². The number of hydrogen-bond donors (Lipinski definition) is 2. The van der Waals surface area contributed by atoms with Crippen LogP contribution in [0.1, 0.15) is 45.0 Å². The summed E-state index contributed by atoms with van der Waals surface area (Å²) in [7, 11) is 0. The molecule has 6 nitrogen and oxygen atoms in total. The molecule has 0 spiro atoms. The lowest BCUT2D eigenvalue weighted by molar-refractivity contribution is 0.0285. The lowest BCUT2D eigenvalue weighted by Gasteiger charge is -2.29. The van der Waals surface area contributed by atoms with Gasteiger partial charge >= 0.3 is 0 Å². The maximum Gasteiger partial charge on any atom is 0.297 e. The Morgan fingerprint density at radius 2 is 1.95 bits per heavy atom. The number of fused-ring (bicyclic) bond motifs is 1. The number of nitrogen functional groups attached to an aromatic ring is 1. The first kappa shape index (κ1) is 15.6. The summed E-state index contributed by atoms with van der Waals surface area (Å²) < 4.78 is 7.56. The Morgan fingerprint density at radius 3 is 2.48 bits per heavy atom. The SMILES string of the molecule is CCOc1nc2c(N)nc(C)c(C)c2n1C(C)C(C)(C)O. The van der Waals surface area contributed by atoms with E-state index in [4.69, 9.17) is 10.5 Å². The molecule has 0 aromatic carbocycles. The van der Waals surface area contributed by atoms with Gasteiger partial charge in [0.25, 0.3) is 6.01 Å². The van der Waals surface area contributed by atoms with E-state index >= 15 is 0 Å². The standard InChI is InChI=1S/C15H24N4O2/c1-7-21-14-18-11-12(8(2)9(3)17-13(11)16)19(14)10(4)15(5,6)20/h10,20H,7H2,1-6H3,(H2,16,17). The van der Waals surface area contributed by atoms with Gasteiger partial charge in [-0.3, -0.25) is 4.57 Å². The van der Waals surface area contributed by atoms with E-state index in [1.54, 1.807) is 13.8 Å². The minimum Gasteiger partial charge on any atom is -0.465 e. The van der Waals surface area contributed by atoms with Gasteiger partial charge in [0.2, 0.25) is 0 Å². The van der Waals surface area contributed by atoms with Gasteiger partial charge in [-0.1, -0.05) is 0 Å². The van der Waals surface area contributed by atoms with Crippen LogP contribution in [0.25, 0.3) is 11.0 Å². The highest BCUT2D eigenvalue weighted by Crippen LogP contribution is 2.35. The van der Waals surface area contributed by atoms with Crippen LogP contribution < -0.4 is 10.5 Å². The van der Waals surface area contributed by atoms with E-state index in [-0.39, 0.29) is 6.04 Å². The fraction of sp³-hybridized carbons (Fsp3) is 0.600. The third kappa shape index (κ3) is 2.55. The molecule has 0 saturated carbocycles. The van der Waals surface area contributed by atoms with Crippen LogP contribution in [0.5, 0.6) is 6.01 Å². The molecule has 2 heterocycles. The van der Waals surface area contributed by atoms with Crippen molar-refractivity contribution in [1.29, 1.82) is 0 Å². The molecule has 0 amide bonds. The minimum atomic E-state index is -0.919. The largest absolute Gasteiger partial charge is 0.465 e. The van der Waals surface area contributed by atoms with Gasteiger partial charge in [-0.25, -0.2) is 4.98 Å². The topological polar surface area (TPSA) is 86.2 Å². The molecule has 6 heteroatoms. The fourth-order valence-corrected chi connectivity index (χ4v) is 2.34. The van der Waals surface area contributed by atoms with Crippen molar-refractivity contribution in [3.8, 4) is 6.01 Å². The first-order valence-corrected chi connectivity index (χ1v) is 7.18. The van der Waals surface area contributed by atoms with Crippen LogP contribution in [0.2, 0.25) is 0 Å². The van der Waals surface area contributed by atoms with E-state index in [1.165, 1.54) is 0 Å². The predicted octanol–water partition coefficient (Wildman–Crippen LogP) is 2.36. The number of pyridine rings is 1. The molecule has 0 radical (unpaired) electrons. The molecular formula is C15H24N4O2. The zero-order valence-electron chi connectivity index (χ0n) is 13.6. The second-order valence-electron chi connectivity index (χ2n) is 5.93. The lowest BCUT2D eigenvalue weighted by Crippen LogP contribution is -2.31. The number of hydrogen-bond acceptors (Lipinski definition) is 5. The highest BCUT2D eigenvalue weighted by molar-refractivity contribution is 5.89. The van der Waals surface area contributed by atoms with Crippen LogP contribution in [0.4, 0.5) is 5.82 Å². The Balaban J connectivity index is 2.85. The lowest BCUT2D eigenvalue weighted by atomic mass is 10.00. The number of ether oxygens (including phenoxy) is 1. The summed E-state index contributed by atoms with van der Waals surface area (Å²) in [5.41, 5.74) is 8.43. The molecular weight excluding hydrogens is 268 g/mol.